The highest BCUT2D eigenvalue weighted by molar-refractivity contribution is 7.89. The Labute approximate surface area is 177 Å². The van der Waals surface area contributed by atoms with Gasteiger partial charge in [-0.05, 0) is 61.4 Å². The third-order valence-electron chi connectivity index (χ3n) is 4.81. The predicted molar refractivity (Wildman–Crippen MR) is 106 cm³/mol. The number of sulfonamides is 1. The zero-order chi connectivity index (χ0) is 22.6. The standard InChI is InChI=1S/C20H21F3N2O5S/c1-29-16-8-10-18(11-9-16)31(27,28)25-12-2-3-14(13-25)19(26)24-15-4-6-17(7-5-15)30-20(21,22)23/h4-11,14H,2-3,12-13H2,1H3,(H,24,26)/t14-/m0/s1. The monoisotopic (exact) mass is 458 g/mol. The van der Waals surface area contributed by atoms with E-state index in [-0.39, 0.29) is 17.1 Å². The average Bonchev–Trinajstić information content (AvgIpc) is 2.74. The molecule has 1 aliphatic rings. The summed E-state index contributed by atoms with van der Waals surface area (Å²) in [6.45, 7) is 0.303. The van der Waals surface area contributed by atoms with Crippen LogP contribution in [0.15, 0.2) is 53.4 Å². The van der Waals surface area contributed by atoms with Crippen LogP contribution in [0.2, 0.25) is 0 Å². The van der Waals surface area contributed by atoms with E-state index >= 15 is 0 Å². The maximum Gasteiger partial charge on any atom is 0.573 e. The number of ether oxygens (including phenoxy) is 2. The summed E-state index contributed by atoms with van der Waals surface area (Å²) in [7, 11) is -2.29. The molecule has 31 heavy (non-hydrogen) atoms. The molecular formula is C20H21F3N2O5S. The Balaban J connectivity index is 1.65. The second-order valence-corrected chi connectivity index (χ2v) is 8.88. The van der Waals surface area contributed by atoms with Crippen molar-refractivity contribution in [1.82, 2.24) is 4.31 Å². The number of carbonyl (C=O) groups excluding carboxylic acids is 1. The number of alkyl halides is 3. The van der Waals surface area contributed by atoms with Gasteiger partial charge in [-0.3, -0.25) is 4.79 Å². The first-order valence-electron chi connectivity index (χ1n) is 9.39. The lowest BCUT2D eigenvalue weighted by Gasteiger charge is -2.31. The van der Waals surface area contributed by atoms with Crippen LogP contribution < -0.4 is 14.8 Å². The van der Waals surface area contributed by atoms with Gasteiger partial charge in [0.05, 0.1) is 17.9 Å². The van der Waals surface area contributed by atoms with Crippen LogP contribution in [0.25, 0.3) is 0 Å². The smallest absolute Gasteiger partial charge is 0.497 e. The third-order valence-corrected chi connectivity index (χ3v) is 6.69. The molecule has 2 aromatic carbocycles. The fourth-order valence-corrected chi connectivity index (χ4v) is 4.78. The van der Waals surface area contributed by atoms with E-state index < -0.39 is 34.0 Å². The molecule has 0 radical (unpaired) electrons. The van der Waals surface area contributed by atoms with Gasteiger partial charge in [0.2, 0.25) is 15.9 Å². The van der Waals surface area contributed by atoms with Crippen molar-refractivity contribution in [3.63, 3.8) is 0 Å². The molecule has 1 fully saturated rings. The molecular weight excluding hydrogens is 437 g/mol. The molecule has 0 spiro atoms. The Morgan fingerprint density at radius 1 is 1.06 bits per heavy atom. The van der Waals surface area contributed by atoms with Gasteiger partial charge in [-0.25, -0.2) is 8.42 Å². The van der Waals surface area contributed by atoms with Crippen LogP contribution in [-0.2, 0) is 14.8 Å². The van der Waals surface area contributed by atoms with Crippen molar-refractivity contribution in [3.05, 3.63) is 48.5 Å². The van der Waals surface area contributed by atoms with Crippen molar-refractivity contribution in [2.45, 2.75) is 24.1 Å². The zero-order valence-electron chi connectivity index (χ0n) is 16.6. The molecule has 1 heterocycles. The Morgan fingerprint density at radius 2 is 1.68 bits per heavy atom. The summed E-state index contributed by atoms with van der Waals surface area (Å²) in [4.78, 5) is 12.7. The minimum atomic E-state index is -4.80. The van der Waals surface area contributed by atoms with Crippen LogP contribution in [0.4, 0.5) is 18.9 Å². The summed E-state index contributed by atoms with van der Waals surface area (Å²) in [6, 6.07) is 10.7. The van der Waals surface area contributed by atoms with E-state index in [1.165, 1.54) is 35.7 Å². The lowest BCUT2D eigenvalue weighted by Crippen LogP contribution is -2.43. The van der Waals surface area contributed by atoms with Gasteiger partial charge in [-0.15, -0.1) is 13.2 Å². The maximum atomic E-state index is 12.9. The topological polar surface area (TPSA) is 84.9 Å². The van der Waals surface area contributed by atoms with E-state index in [9.17, 15) is 26.4 Å². The summed E-state index contributed by atoms with van der Waals surface area (Å²) in [6.07, 6.45) is -3.80. The van der Waals surface area contributed by atoms with Crippen molar-refractivity contribution in [3.8, 4) is 11.5 Å². The number of hydrogen-bond donors (Lipinski definition) is 1. The molecule has 0 bridgehead atoms. The highest BCUT2D eigenvalue weighted by atomic mass is 32.2. The maximum absolute atomic E-state index is 12.9. The predicted octanol–water partition coefficient (Wildman–Crippen LogP) is 3.63. The number of piperidine rings is 1. The van der Waals surface area contributed by atoms with Gasteiger partial charge in [0.15, 0.2) is 0 Å². The SMILES string of the molecule is COc1ccc(S(=O)(=O)N2CCC[C@H](C(=O)Nc3ccc(OC(F)(F)F)cc3)C2)cc1. The molecule has 7 nitrogen and oxygen atoms in total. The highest BCUT2D eigenvalue weighted by Crippen LogP contribution is 2.27. The molecule has 1 aliphatic heterocycles. The molecule has 0 unspecified atom stereocenters. The normalized spacial score (nSPS) is 17.7. The molecule has 1 N–H and O–H groups in total. The zero-order valence-corrected chi connectivity index (χ0v) is 17.4. The number of carbonyl (C=O) groups is 1. The van der Waals surface area contributed by atoms with Crippen LogP contribution in [0.5, 0.6) is 11.5 Å². The van der Waals surface area contributed by atoms with Crippen molar-refractivity contribution in [1.29, 1.82) is 0 Å². The number of anilines is 1. The van der Waals surface area contributed by atoms with Crippen molar-refractivity contribution >= 4 is 21.6 Å². The molecule has 1 amide bonds. The summed E-state index contributed by atoms with van der Waals surface area (Å²) < 4.78 is 72.6. The summed E-state index contributed by atoms with van der Waals surface area (Å²) >= 11 is 0. The molecule has 0 aliphatic carbocycles. The largest absolute Gasteiger partial charge is 0.573 e. The van der Waals surface area contributed by atoms with Crippen LogP contribution in [0.1, 0.15) is 12.8 Å². The van der Waals surface area contributed by atoms with E-state index in [1.807, 2.05) is 0 Å². The van der Waals surface area contributed by atoms with Gasteiger partial charge < -0.3 is 14.8 Å². The number of benzene rings is 2. The van der Waals surface area contributed by atoms with Gasteiger partial charge in [0, 0.05) is 18.8 Å². The van der Waals surface area contributed by atoms with Gasteiger partial charge >= 0.3 is 6.36 Å². The van der Waals surface area contributed by atoms with Crippen LogP contribution in [0.3, 0.4) is 0 Å². The fourth-order valence-electron chi connectivity index (χ4n) is 3.26. The number of methoxy groups -OCH3 is 1. The van der Waals surface area contributed by atoms with Crippen molar-refractivity contribution < 1.29 is 35.9 Å². The van der Waals surface area contributed by atoms with Crippen LogP contribution >= 0.6 is 0 Å². The first-order chi connectivity index (χ1) is 14.6. The lowest BCUT2D eigenvalue weighted by atomic mass is 9.99. The summed E-state index contributed by atoms with van der Waals surface area (Å²) in [5.41, 5.74) is 0.287. The minimum absolute atomic E-state index is 0.00939. The number of nitrogens with one attached hydrogen (secondary N) is 1. The molecule has 0 saturated carbocycles. The lowest BCUT2D eigenvalue weighted by molar-refractivity contribution is -0.274. The first-order valence-corrected chi connectivity index (χ1v) is 10.8. The van der Waals surface area contributed by atoms with E-state index in [4.69, 9.17) is 4.74 Å². The van der Waals surface area contributed by atoms with Crippen LogP contribution in [-0.4, -0.2) is 45.2 Å². The highest BCUT2D eigenvalue weighted by Gasteiger charge is 2.34. The number of rotatable bonds is 6. The number of halogens is 3. The molecule has 168 valence electrons. The molecule has 1 saturated heterocycles. The van der Waals surface area contributed by atoms with E-state index in [0.717, 1.165) is 12.1 Å². The fraction of sp³-hybridized carbons (Fsp3) is 0.350. The summed E-state index contributed by atoms with van der Waals surface area (Å²) in [5.74, 6) is -0.867. The van der Waals surface area contributed by atoms with E-state index in [2.05, 4.69) is 10.1 Å². The second-order valence-electron chi connectivity index (χ2n) is 6.94. The van der Waals surface area contributed by atoms with E-state index in [1.54, 1.807) is 12.1 Å². The average molecular weight is 458 g/mol. The molecule has 11 heteroatoms. The number of nitrogens with zero attached hydrogens (tertiary/aromatic N) is 1. The quantitative estimate of drug-likeness (QED) is 0.715. The van der Waals surface area contributed by atoms with Crippen LogP contribution in [0, 0.1) is 5.92 Å². The van der Waals surface area contributed by atoms with Gasteiger partial charge in [0.25, 0.3) is 0 Å². The second kappa shape index (κ2) is 9.15. The first kappa shape index (κ1) is 22.9. The number of hydrogen-bond acceptors (Lipinski definition) is 5. The molecule has 2 aromatic rings. The molecule has 3 rings (SSSR count). The van der Waals surface area contributed by atoms with Gasteiger partial charge in [0.1, 0.15) is 11.5 Å². The van der Waals surface area contributed by atoms with E-state index in [0.29, 0.717) is 25.1 Å². The Bertz CT molecular complexity index is 1010. The van der Waals surface area contributed by atoms with Crippen molar-refractivity contribution in [2.75, 3.05) is 25.5 Å². The minimum Gasteiger partial charge on any atom is -0.497 e. The van der Waals surface area contributed by atoms with Gasteiger partial charge in [-0.2, -0.15) is 4.31 Å². The molecule has 0 aromatic heterocycles. The van der Waals surface area contributed by atoms with Crippen molar-refractivity contribution in [2.24, 2.45) is 5.92 Å². The Kier molecular flexibility index (Phi) is 6.75. The Hall–Kier alpha value is -2.79. The Morgan fingerprint density at radius 3 is 2.26 bits per heavy atom. The number of amides is 1. The van der Waals surface area contributed by atoms with Gasteiger partial charge in [-0.1, -0.05) is 0 Å². The summed E-state index contributed by atoms with van der Waals surface area (Å²) in [5, 5.41) is 2.61. The third kappa shape index (κ3) is 5.88. The molecule has 1 atom stereocenters.